The minimum absolute atomic E-state index is 0.173. The number of rotatable bonds is 2. The lowest BCUT2D eigenvalue weighted by Gasteiger charge is -1.95. The smallest absolute Gasteiger partial charge is 0.0749 e. The Hall–Kier alpha value is -1.32. The van der Waals surface area contributed by atoms with Crippen LogP contribution in [0, 0.1) is 6.92 Å². The quantitative estimate of drug-likeness (QED) is 0.579. The molecule has 11 heavy (non-hydrogen) atoms. The van der Waals surface area contributed by atoms with Gasteiger partial charge < -0.3 is 9.90 Å². The molecule has 0 aliphatic rings. The zero-order valence-corrected chi connectivity index (χ0v) is 6.50. The molecule has 0 N–H and O–H groups in total. The fourth-order valence-corrected chi connectivity index (χ4v) is 0.880. The van der Waals surface area contributed by atoms with Crippen LogP contribution in [0.2, 0.25) is 0 Å². The van der Waals surface area contributed by atoms with E-state index in [1.165, 1.54) is 6.20 Å². The third kappa shape index (κ3) is 1.39. The minimum atomic E-state index is -1.16. The van der Waals surface area contributed by atoms with Crippen molar-refractivity contribution in [2.75, 3.05) is 0 Å². The Balaban J connectivity index is 3.07. The number of aryl methyl sites for hydroxylation is 2. The van der Waals surface area contributed by atoms with E-state index in [0.717, 1.165) is 0 Å². The van der Waals surface area contributed by atoms with Gasteiger partial charge in [-0.3, -0.25) is 4.68 Å². The fourth-order valence-electron chi connectivity index (χ4n) is 0.880. The van der Waals surface area contributed by atoms with Crippen LogP contribution in [0.25, 0.3) is 0 Å². The lowest BCUT2D eigenvalue weighted by molar-refractivity contribution is -0.255. The number of hydrogen-bond acceptors (Lipinski definition) is 3. The van der Waals surface area contributed by atoms with E-state index in [1.807, 2.05) is 6.92 Å². The zero-order valence-electron chi connectivity index (χ0n) is 6.50. The van der Waals surface area contributed by atoms with Crippen LogP contribution in [0.4, 0.5) is 0 Å². The van der Waals surface area contributed by atoms with Gasteiger partial charge in [-0.25, -0.2) is 0 Å². The average molecular weight is 153 g/mol. The van der Waals surface area contributed by atoms with E-state index in [9.17, 15) is 9.90 Å². The van der Waals surface area contributed by atoms with E-state index in [-0.39, 0.29) is 5.56 Å². The van der Waals surface area contributed by atoms with Crippen LogP contribution in [-0.2, 0) is 6.54 Å². The van der Waals surface area contributed by atoms with Gasteiger partial charge in [0.2, 0.25) is 0 Å². The van der Waals surface area contributed by atoms with Crippen LogP contribution in [0.5, 0.6) is 0 Å². The van der Waals surface area contributed by atoms with E-state index < -0.39 is 5.97 Å². The summed E-state index contributed by atoms with van der Waals surface area (Å²) in [5, 5.41) is 14.3. The van der Waals surface area contributed by atoms with Gasteiger partial charge in [0.05, 0.1) is 11.7 Å². The summed E-state index contributed by atoms with van der Waals surface area (Å²) in [7, 11) is 0. The second-order valence-electron chi connectivity index (χ2n) is 2.27. The highest BCUT2D eigenvalue weighted by molar-refractivity contribution is 5.86. The van der Waals surface area contributed by atoms with Crippen molar-refractivity contribution in [1.82, 2.24) is 9.78 Å². The van der Waals surface area contributed by atoms with Crippen LogP contribution in [0.15, 0.2) is 6.20 Å². The highest BCUT2D eigenvalue weighted by Gasteiger charge is 2.03. The molecular formula is C7H9N2O2-. The topological polar surface area (TPSA) is 58.0 Å². The Morgan fingerprint density at radius 3 is 2.73 bits per heavy atom. The van der Waals surface area contributed by atoms with Gasteiger partial charge in [-0.05, 0) is 13.8 Å². The highest BCUT2D eigenvalue weighted by Crippen LogP contribution is 2.03. The third-order valence-electron chi connectivity index (χ3n) is 1.49. The summed E-state index contributed by atoms with van der Waals surface area (Å²) in [6, 6.07) is 0. The molecule has 0 spiro atoms. The first-order valence-corrected chi connectivity index (χ1v) is 3.40. The summed E-state index contributed by atoms with van der Waals surface area (Å²) >= 11 is 0. The monoisotopic (exact) mass is 153 g/mol. The molecule has 1 heterocycles. The number of carboxylic acids is 1. The van der Waals surface area contributed by atoms with Crippen LogP contribution in [-0.4, -0.2) is 15.7 Å². The van der Waals surface area contributed by atoms with Crippen molar-refractivity contribution in [3.05, 3.63) is 17.5 Å². The first kappa shape index (κ1) is 7.78. The molecule has 0 saturated heterocycles. The normalized spacial score (nSPS) is 10.0. The summed E-state index contributed by atoms with van der Waals surface area (Å²) in [5.41, 5.74) is 0.679. The van der Waals surface area contributed by atoms with Gasteiger partial charge in [-0.1, -0.05) is 0 Å². The Morgan fingerprint density at radius 2 is 2.45 bits per heavy atom. The Labute approximate surface area is 64.5 Å². The molecule has 0 aliphatic carbocycles. The number of carbonyl (C=O) groups excluding carboxylic acids is 1. The molecule has 1 rings (SSSR count). The van der Waals surface area contributed by atoms with Crippen molar-refractivity contribution in [2.45, 2.75) is 20.4 Å². The largest absolute Gasteiger partial charge is 0.545 e. The number of carbonyl (C=O) groups is 1. The third-order valence-corrected chi connectivity index (χ3v) is 1.49. The summed E-state index contributed by atoms with van der Waals surface area (Å²) in [4.78, 5) is 10.4. The molecule has 0 amide bonds. The van der Waals surface area contributed by atoms with Crippen LogP contribution in [0.1, 0.15) is 23.0 Å². The van der Waals surface area contributed by atoms with Crippen molar-refractivity contribution in [1.29, 1.82) is 0 Å². The number of nitrogens with zero attached hydrogens (tertiary/aromatic N) is 2. The summed E-state index contributed by atoms with van der Waals surface area (Å²) in [5.74, 6) is -1.16. The van der Waals surface area contributed by atoms with Gasteiger partial charge in [0.25, 0.3) is 0 Å². The molecule has 0 fully saturated rings. The average Bonchev–Trinajstić information content (AvgIpc) is 2.30. The molecule has 0 unspecified atom stereocenters. The molecule has 0 aliphatic heterocycles. The molecule has 1 aromatic heterocycles. The highest BCUT2D eigenvalue weighted by atomic mass is 16.4. The number of aromatic nitrogens is 2. The van der Waals surface area contributed by atoms with E-state index in [2.05, 4.69) is 5.10 Å². The lowest BCUT2D eigenvalue weighted by Crippen LogP contribution is -2.22. The fraction of sp³-hybridized carbons (Fsp3) is 0.429. The van der Waals surface area contributed by atoms with Crippen LogP contribution >= 0.6 is 0 Å². The molecule has 0 saturated carbocycles. The Kier molecular flexibility index (Phi) is 1.94. The van der Waals surface area contributed by atoms with E-state index in [1.54, 1.807) is 11.6 Å². The molecule has 0 aromatic carbocycles. The predicted molar refractivity (Wildman–Crippen MR) is 37.0 cm³/mol. The van der Waals surface area contributed by atoms with Crippen molar-refractivity contribution in [2.24, 2.45) is 0 Å². The van der Waals surface area contributed by atoms with E-state index in [0.29, 0.717) is 12.2 Å². The second kappa shape index (κ2) is 2.74. The molecule has 60 valence electrons. The molecule has 1 aromatic rings. The summed E-state index contributed by atoms with van der Waals surface area (Å²) in [6.45, 7) is 4.22. The molecule has 4 nitrogen and oxygen atoms in total. The lowest BCUT2D eigenvalue weighted by atomic mass is 10.3. The number of aromatic carboxylic acids is 1. The van der Waals surface area contributed by atoms with Crippen molar-refractivity contribution in [3.63, 3.8) is 0 Å². The Morgan fingerprint density at radius 1 is 1.82 bits per heavy atom. The van der Waals surface area contributed by atoms with Gasteiger partial charge in [-0.15, -0.1) is 0 Å². The van der Waals surface area contributed by atoms with Crippen LogP contribution < -0.4 is 5.11 Å². The maximum Gasteiger partial charge on any atom is 0.0749 e. The first-order chi connectivity index (χ1) is 5.15. The maximum atomic E-state index is 10.4. The molecular weight excluding hydrogens is 144 g/mol. The van der Waals surface area contributed by atoms with Gasteiger partial charge in [0.15, 0.2) is 0 Å². The van der Waals surface area contributed by atoms with Gasteiger partial charge >= 0.3 is 0 Å². The summed E-state index contributed by atoms with van der Waals surface area (Å²) < 4.78 is 1.57. The first-order valence-electron chi connectivity index (χ1n) is 3.40. The molecule has 0 bridgehead atoms. The predicted octanol–water partition coefficient (Wildman–Crippen LogP) is -0.425. The Bertz CT molecular complexity index is 278. The number of hydrogen-bond donors (Lipinski definition) is 0. The van der Waals surface area contributed by atoms with Crippen LogP contribution in [0.3, 0.4) is 0 Å². The second-order valence-corrected chi connectivity index (χ2v) is 2.27. The van der Waals surface area contributed by atoms with E-state index >= 15 is 0 Å². The summed E-state index contributed by atoms with van der Waals surface area (Å²) in [6.07, 6.45) is 1.48. The van der Waals surface area contributed by atoms with Gasteiger partial charge in [0, 0.05) is 18.3 Å². The molecule has 0 radical (unpaired) electrons. The van der Waals surface area contributed by atoms with Crippen molar-refractivity contribution >= 4 is 5.97 Å². The standard InChI is InChI=1S/C7H10N2O2/c1-3-9-4-6(7(10)11)5(2)8-9/h4H,3H2,1-2H3,(H,10,11)/p-1. The number of carboxylic acid groups (broad SMARTS) is 1. The molecule has 4 heteroatoms. The van der Waals surface area contributed by atoms with Crippen molar-refractivity contribution < 1.29 is 9.90 Å². The SMILES string of the molecule is CCn1cc(C(=O)[O-])c(C)n1. The van der Waals surface area contributed by atoms with E-state index in [4.69, 9.17) is 0 Å². The minimum Gasteiger partial charge on any atom is -0.545 e. The van der Waals surface area contributed by atoms with Gasteiger partial charge in [-0.2, -0.15) is 5.10 Å². The molecule has 0 atom stereocenters. The zero-order chi connectivity index (χ0) is 8.43. The van der Waals surface area contributed by atoms with Crippen molar-refractivity contribution in [3.8, 4) is 0 Å². The maximum absolute atomic E-state index is 10.4. The van der Waals surface area contributed by atoms with Gasteiger partial charge in [0.1, 0.15) is 0 Å².